The molecule has 0 radical (unpaired) electrons. The predicted octanol–water partition coefficient (Wildman–Crippen LogP) is 4.48. The van der Waals surface area contributed by atoms with E-state index in [2.05, 4.69) is 41.0 Å². The van der Waals surface area contributed by atoms with Crippen molar-refractivity contribution in [3.8, 4) is 0 Å². The Balaban J connectivity index is 0.000000774. The third kappa shape index (κ3) is 4.47. The molecule has 0 unspecified atom stereocenters. The molecule has 1 aromatic rings. The number of hydrogen-bond acceptors (Lipinski definition) is 2. The third-order valence-electron chi connectivity index (χ3n) is 4.80. The zero-order chi connectivity index (χ0) is 15.1. The van der Waals surface area contributed by atoms with E-state index in [4.69, 9.17) is 0 Å². The minimum atomic E-state index is 0.883. The SMILES string of the molecule is CC.Cc1ccc(N2CCN(C3CCCCC3)CC2)cc1. The van der Waals surface area contributed by atoms with E-state index in [0.717, 1.165) is 6.04 Å². The molecule has 0 atom stereocenters. The first-order valence-corrected chi connectivity index (χ1v) is 8.88. The van der Waals surface area contributed by atoms with Gasteiger partial charge < -0.3 is 4.90 Å². The van der Waals surface area contributed by atoms with Gasteiger partial charge in [0.25, 0.3) is 0 Å². The van der Waals surface area contributed by atoms with Crippen LogP contribution >= 0.6 is 0 Å². The lowest BCUT2D eigenvalue weighted by molar-refractivity contribution is 0.148. The quantitative estimate of drug-likeness (QED) is 0.792. The molecule has 2 nitrogen and oxygen atoms in total. The fourth-order valence-electron chi connectivity index (χ4n) is 3.55. The molecular formula is C19H32N2. The summed E-state index contributed by atoms with van der Waals surface area (Å²) in [7, 11) is 0. The molecule has 3 rings (SSSR count). The van der Waals surface area contributed by atoms with Crippen LogP contribution in [-0.2, 0) is 0 Å². The highest BCUT2D eigenvalue weighted by molar-refractivity contribution is 5.47. The van der Waals surface area contributed by atoms with Gasteiger partial charge >= 0.3 is 0 Å². The zero-order valence-corrected chi connectivity index (χ0v) is 14.1. The fourth-order valence-corrected chi connectivity index (χ4v) is 3.55. The first-order valence-electron chi connectivity index (χ1n) is 8.88. The van der Waals surface area contributed by atoms with Crippen LogP contribution in [0.5, 0.6) is 0 Å². The van der Waals surface area contributed by atoms with Crippen molar-refractivity contribution in [3.05, 3.63) is 29.8 Å². The molecule has 21 heavy (non-hydrogen) atoms. The molecule has 0 aromatic heterocycles. The van der Waals surface area contributed by atoms with Crippen LogP contribution in [0, 0.1) is 6.92 Å². The van der Waals surface area contributed by atoms with Crippen LogP contribution in [0.1, 0.15) is 51.5 Å². The van der Waals surface area contributed by atoms with Crippen molar-refractivity contribution in [1.29, 1.82) is 0 Å². The van der Waals surface area contributed by atoms with Crippen LogP contribution in [0.2, 0.25) is 0 Å². The van der Waals surface area contributed by atoms with Crippen molar-refractivity contribution in [1.82, 2.24) is 4.90 Å². The van der Waals surface area contributed by atoms with Gasteiger partial charge in [0.1, 0.15) is 0 Å². The van der Waals surface area contributed by atoms with Gasteiger partial charge in [-0.2, -0.15) is 0 Å². The van der Waals surface area contributed by atoms with Crippen molar-refractivity contribution in [2.45, 2.75) is 58.9 Å². The second-order valence-electron chi connectivity index (χ2n) is 6.15. The maximum Gasteiger partial charge on any atom is 0.0367 e. The van der Waals surface area contributed by atoms with Crippen LogP contribution in [0.4, 0.5) is 5.69 Å². The zero-order valence-electron chi connectivity index (χ0n) is 14.1. The Bertz CT molecular complexity index is 385. The van der Waals surface area contributed by atoms with Crippen LogP contribution in [-0.4, -0.2) is 37.1 Å². The van der Waals surface area contributed by atoms with Gasteiger partial charge in [-0.15, -0.1) is 0 Å². The Labute approximate surface area is 131 Å². The Morgan fingerprint density at radius 3 is 1.95 bits per heavy atom. The average molecular weight is 288 g/mol. The highest BCUT2D eigenvalue weighted by atomic mass is 15.3. The molecule has 1 aliphatic heterocycles. The van der Waals surface area contributed by atoms with Gasteiger partial charge in [-0.3, -0.25) is 4.90 Å². The van der Waals surface area contributed by atoms with Crippen LogP contribution in [0.3, 0.4) is 0 Å². The molecule has 1 aromatic carbocycles. The molecular weight excluding hydrogens is 256 g/mol. The molecule has 1 saturated heterocycles. The first kappa shape index (κ1) is 16.4. The van der Waals surface area contributed by atoms with Crippen LogP contribution < -0.4 is 4.90 Å². The van der Waals surface area contributed by atoms with E-state index >= 15 is 0 Å². The maximum absolute atomic E-state index is 2.74. The summed E-state index contributed by atoms with van der Waals surface area (Å²) >= 11 is 0. The monoisotopic (exact) mass is 288 g/mol. The summed E-state index contributed by atoms with van der Waals surface area (Å²) in [6.45, 7) is 11.0. The Kier molecular flexibility index (Phi) is 6.56. The van der Waals surface area contributed by atoms with Crippen molar-refractivity contribution < 1.29 is 0 Å². The molecule has 2 aliphatic rings. The lowest BCUT2D eigenvalue weighted by Gasteiger charge is -2.41. The summed E-state index contributed by atoms with van der Waals surface area (Å²) in [5, 5.41) is 0. The molecule has 118 valence electrons. The molecule has 2 heteroatoms. The van der Waals surface area contributed by atoms with Gasteiger partial charge in [-0.25, -0.2) is 0 Å². The van der Waals surface area contributed by atoms with E-state index < -0.39 is 0 Å². The summed E-state index contributed by atoms with van der Waals surface area (Å²) in [5.41, 5.74) is 2.75. The topological polar surface area (TPSA) is 6.48 Å². The Hall–Kier alpha value is -1.02. The van der Waals surface area contributed by atoms with Gasteiger partial charge in [0.05, 0.1) is 0 Å². The number of nitrogens with zero attached hydrogens (tertiary/aromatic N) is 2. The van der Waals surface area contributed by atoms with Crippen molar-refractivity contribution in [2.24, 2.45) is 0 Å². The molecule has 0 bridgehead atoms. The highest BCUT2D eigenvalue weighted by Crippen LogP contribution is 2.25. The lowest BCUT2D eigenvalue weighted by atomic mass is 9.94. The third-order valence-corrected chi connectivity index (χ3v) is 4.80. The second-order valence-corrected chi connectivity index (χ2v) is 6.15. The molecule has 1 heterocycles. The number of anilines is 1. The fraction of sp³-hybridized carbons (Fsp3) is 0.684. The summed E-state index contributed by atoms with van der Waals surface area (Å²) < 4.78 is 0. The number of hydrogen-bond donors (Lipinski definition) is 0. The Morgan fingerprint density at radius 2 is 1.38 bits per heavy atom. The van der Waals surface area contributed by atoms with Crippen molar-refractivity contribution in [2.75, 3.05) is 31.1 Å². The van der Waals surface area contributed by atoms with Crippen molar-refractivity contribution in [3.63, 3.8) is 0 Å². The molecule has 1 aliphatic carbocycles. The number of benzene rings is 1. The summed E-state index contributed by atoms with van der Waals surface area (Å²) in [6.07, 6.45) is 7.22. The van der Waals surface area contributed by atoms with Gasteiger partial charge in [-0.1, -0.05) is 50.8 Å². The van der Waals surface area contributed by atoms with Crippen LogP contribution in [0.25, 0.3) is 0 Å². The molecule has 2 fully saturated rings. The van der Waals surface area contributed by atoms with Gasteiger partial charge in [0.15, 0.2) is 0 Å². The van der Waals surface area contributed by atoms with E-state index in [1.54, 1.807) is 0 Å². The van der Waals surface area contributed by atoms with E-state index in [-0.39, 0.29) is 0 Å². The number of piperazine rings is 1. The maximum atomic E-state index is 2.74. The minimum absolute atomic E-state index is 0.883. The summed E-state index contributed by atoms with van der Waals surface area (Å²) in [5.74, 6) is 0. The van der Waals surface area contributed by atoms with E-state index in [1.165, 1.54) is 69.5 Å². The summed E-state index contributed by atoms with van der Waals surface area (Å²) in [6, 6.07) is 9.87. The molecule has 1 saturated carbocycles. The van der Waals surface area contributed by atoms with Gasteiger partial charge in [-0.05, 0) is 31.9 Å². The number of aryl methyl sites for hydroxylation is 1. The van der Waals surface area contributed by atoms with E-state index in [1.807, 2.05) is 13.8 Å². The molecule has 0 amide bonds. The Morgan fingerprint density at radius 1 is 0.810 bits per heavy atom. The standard InChI is InChI=1S/C17H26N2.C2H6/c1-15-7-9-17(10-8-15)19-13-11-18(12-14-19)16-5-3-2-4-6-16;1-2/h7-10,16H,2-6,11-14H2,1H3;1-2H3. The summed E-state index contributed by atoms with van der Waals surface area (Å²) in [4.78, 5) is 5.28. The lowest BCUT2D eigenvalue weighted by Crippen LogP contribution is -2.50. The normalized spacial score (nSPS) is 20.8. The predicted molar refractivity (Wildman–Crippen MR) is 93.2 cm³/mol. The van der Waals surface area contributed by atoms with Gasteiger partial charge in [0.2, 0.25) is 0 Å². The van der Waals surface area contributed by atoms with Crippen molar-refractivity contribution >= 4 is 5.69 Å². The largest absolute Gasteiger partial charge is 0.369 e. The average Bonchev–Trinajstić information content (AvgIpc) is 2.58. The first-order chi connectivity index (χ1) is 10.3. The highest BCUT2D eigenvalue weighted by Gasteiger charge is 2.24. The smallest absolute Gasteiger partial charge is 0.0367 e. The van der Waals surface area contributed by atoms with E-state index in [9.17, 15) is 0 Å². The molecule has 0 spiro atoms. The minimum Gasteiger partial charge on any atom is -0.369 e. The van der Waals surface area contributed by atoms with Gasteiger partial charge in [0, 0.05) is 37.9 Å². The van der Waals surface area contributed by atoms with Crippen LogP contribution in [0.15, 0.2) is 24.3 Å². The number of rotatable bonds is 2. The molecule has 0 N–H and O–H groups in total. The van der Waals surface area contributed by atoms with E-state index in [0.29, 0.717) is 0 Å². The second kappa shape index (κ2) is 8.43.